The van der Waals surface area contributed by atoms with Gasteiger partial charge in [0.25, 0.3) is 0 Å². The monoisotopic (exact) mass is 238 g/mol. The summed E-state index contributed by atoms with van der Waals surface area (Å²) in [4.78, 5) is 0.828. The van der Waals surface area contributed by atoms with Crippen LogP contribution in [0.5, 0.6) is 0 Å². The largest absolute Gasteiger partial charge is 0.389 e. The molecule has 1 fully saturated rings. The molecule has 1 saturated carbocycles. The average molecular weight is 238 g/mol. The van der Waals surface area contributed by atoms with Crippen LogP contribution in [0.1, 0.15) is 32.6 Å². The molecule has 1 aliphatic carbocycles. The maximum absolute atomic E-state index is 12.4. The molecule has 0 amide bonds. The molecule has 3 heteroatoms. The van der Waals surface area contributed by atoms with Crippen molar-refractivity contribution in [2.45, 2.75) is 48.4 Å². The zero-order chi connectivity index (χ0) is 11.6. The van der Waals surface area contributed by atoms with Gasteiger partial charge < -0.3 is 5.11 Å². The smallest absolute Gasteiger partial charge is 0.0766 e. The molecule has 0 radical (unpaired) electrons. The second-order valence-corrected chi connectivity index (χ2v) is 6.34. The fraction of sp³-hybridized carbons (Fsp3) is 0.538. The van der Waals surface area contributed by atoms with Crippen LogP contribution in [0.4, 0.5) is 0 Å². The van der Waals surface area contributed by atoms with Crippen molar-refractivity contribution < 1.29 is 9.32 Å². The Kier molecular flexibility index (Phi) is 3.45. The molecule has 1 N–H and O–H groups in total. The first kappa shape index (κ1) is 11.8. The summed E-state index contributed by atoms with van der Waals surface area (Å²) >= 11 is 0. The van der Waals surface area contributed by atoms with E-state index in [1.165, 1.54) is 0 Å². The molecule has 0 heterocycles. The van der Waals surface area contributed by atoms with Crippen LogP contribution in [-0.4, -0.2) is 20.2 Å². The minimum atomic E-state index is -1.09. The van der Waals surface area contributed by atoms with Crippen molar-refractivity contribution in [1.82, 2.24) is 0 Å². The molecule has 2 rings (SSSR count). The fourth-order valence-electron chi connectivity index (χ4n) is 2.34. The second kappa shape index (κ2) is 4.68. The Labute approximate surface area is 99.1 Å². The van der Waals surface area contributed by atoms with Gasteiger partial charge in [0.05, 0.1) is 21.7 Å². The van der Waals surface area contributed by atoms with E-state index in [1.54, 1.807) is 0 Å². The molecule has 1 aromatic rings. The quantitative estimate of drug-likeness (QED) is 0.859. The van der Waals surface area contributed by atoms with Crippen LogP contribution in [-0.2, 0) is 10.8 Å². The number of aliphatic hydroxyl groups is 1. The van der Waals surface area contributed by atoms with Gasteiger partial charge in [-0.2, -0.15) is 0 Å². The van der Waals surface area contributed by atoms with Gasteiger partial charge in [-0.15, -0.1) is 0 Å². The van der Waals surface area contributed by atoms with E-state index in [0.717, 1.165) is 30.6 Å². The van der Waals surface area contributed by atoms with E-state index >= 15 is 0 Å². The van der Waals surface area contributed by atoms with Gasteiger partial charge in [-0.05, 0) is 31.9 Å². The Balaban J connectivity index is 2.21. The van der Waals surface area contributed by atoms with Crippen LogP contribution in [0.2, 0.25) is 0 Å². The van der Waals surface area contributed by atoms with Crippen molar-refractivity contribution in [3.63, 3.8) is 0 Å². The Hall–Kier alpha value is -0.670. The Bertz CT molecular complexity index is 373. The molecule has 16 heavy (non-hydrogen) atoms. The lowest BCUT2D eigenvalue weighted by Crippen LogP contribution is -2.44. The van der Waals surface area contributed by atoms with Crippen molar-refractivity contribution >= 4 is 10.8 Å². The van der Waals surface area contributed by atoms with E-state index in [0.29, 0.717) is 0 Å². The van der Waals surface area contributed by atoms with Gasteiger partial charge in [0, 0.05) is 4.90 Å². The topological polar surface area (TPSA) is 37.3 Å². The van der Waals surface area contributed by atoms with Gasteiger partial charge in [0.2, 0.25) is 0 Å². The first-order valence-electron chi connectivity index (χ1n) is 5.79. The third-order valence-corrected chi connectivity index (χ3v) is 5.32. The predicted octanol–water partition coefficient (Wildman–Crippen LogP) is 2.49. The van der Waals surface area contributed by atoms with Crippen molar-refractivity contribution in [2.24, 2.45) is 0 Å². The summed E-state index contributed by atoms with van der Waals surface area (Å²) in [6.07, 6.45) is 3.72. The number of hydrogen-bond donors (Lipinski definition) is 1. The number of hydrogen-bond acceptors (Lipinski definition) is 2. The summed E-state index contributed by atoms with van der Waals surface area (Å²) in [5, 5.41) is 10.2. The van der Waals surface area contributed by atoms with Crippen LogP contribution >= 0.6 is 0 Å². The summed E-state index contributed by atoms with van der Waals surface area (Å²) in [5.74, 6) is 0. The van der Waals surface area contributed by atoms with Crippen molar-refractivity contribution in [3.05, 3.63) is 30.3 Å². The summed E-state index contributed by atoms with van der Waals surface area (Å²) < 4.78 is 12.4. The average Bonchev–Trinajstić information content (AvgIpc) is 2.29. The van der Waals surface area contributed by atoms with E-state index in [2.05, 4.69) is 0 Å². The van der Waals surface area contributed by atoms with E-state index in [1.807, 2.05) is 37.3 Å². The number of benzene rings is 1. The van der Waals surface area contributed by atoms with Crippen LogP contribution in [0.15, 0.2) is 35.2 Å². The fourth-order valence-corrected chi connectivity index (χ4v) is 4.05. The Morgan fingerprint density at radius 2 is 2.00 bits per heavy atom. The van der Waals surface area contributed by atoms with E-state index < -0.39 is 16.4 Å². The van der Waals surface area contributed by atoms with Crippen LogP contribution in [0.3, 0.4) is 0 Å². The van der Waals surface area contributed by atoms with Crippen LogP contribution < -0.4 is 0 Å². The lowest BCUT2D eigenvalue weighted by molar-refractivity contribution is 0.0277. The second-order valence-electron chi connectivity index (χ2n) is 4.70. The van der Waals surface area contributed by atoms with Crippen molar-refractivity contribution in [1.29, 1.82) is 0 Å². The zero-order valence-corrected chi connectivity index (χ0v) is 10.4. The highest BCUT2D eigenvalue weighted by molar-refractivity contribution is 7.85. The summed E-state index contributed by atoms with van der Waals surface area (Å²) in [7, 11) is -1.09. The van der Waals surface area contributed by atoms with Gasteiger partial charge in [-0.1, -0.05) is 31.0 Å². The molecular formula is C13H18O2S. The molecule has 0 aliphatic heterocycles. The summed E-state index contributed by atoms with van der Waals surface area (Å²) in [6, 6.07) is 9.46. The maximum atomic E-state index is 12.4. The van der Waals surface area contributed by atoms with Crippen LogP contribution in [0.25, 0.3) is 0 Å². The molecule has 88 valence electrons. The first-order chi connectivity index (χ1) is 7.61. The number of rotatable bonds is 2. The standard InChI is InChI=1S/C13H18O2S/c1-13(14)10-6-5-9-12(13)16(15)11-7-3-2-4-8-11/h2-4,7-8,12,14H,5-6,9-10H2,1H3. The maximum Gasteiger partial charge on any atom is 0.0766 e. The summed E-state index contributed by atoms with van der Waals surface area (Å²) in [5.41, 5.74) is -0.779. The van der Waals surface area contributed by atoms with Gasteiger partial charge >= 0.3 is 0 Å². The van der Waals surface area contributed by atoms with Gasteiger partial charge in [0.1, 0.15) is 0 Å². The minimum Gasteiger partial charge on any atom is -0.389 e. The van der Waals surface area contributed by atoms with Crippen molar-refractivity contribution in [2.75, 3.05) is 0 Å². The highest BCUT2D eigenvalue weighted by Gasteiger charge is 2.38. The molecule has 2 nitrogen and oxygen atoms in total. The van der Waals surface area contributed by atoms with Crippen LogP contribution in [0, 0.1) is 0 Å². The van der Waals surface area contributed by atoms with E-state index in [-0.39, 0.29) is 5.25 Å². The zero-order valence-electron chi connectivity index (χ0n) is 9.56. The molecular weight excluding hydrogens is 220 g/mol. The van der Waals surface area contributed by atoms with E-state index in [4.69, 9.17) is 0 Å². The molecule has 0 saturated heterocycles. The van der Waals surface area contributed by atoms with Gasteiger partial charge in [0.15, 0.2) is 0 Å². The molecule has 0 bridgehead atoms. The molecule has 0 aromatic heterocycles. The molecule has 3 unspecified atom stereocenters. The third-order valence-electron chi connectivity index (χ3n) is 3.33. The normalized spacial score (nSPS) is 32.2. The lowest BCUT2D eigenvalue weighted by Gasteiger charge is -2.36. The van der Waals surface area contributed by atoms with Gasteiger partial charge in [-0.25, -0.2) is 0 Å². The van der Waals surface area contributed by atoms with E-state index in [9.17, 15) is 9.32 Å². The summed E-state index contributed by atoms with van der Waals surface area (Å²) in [6.45, 7) is 1.82. The Morgan fingerprint density at radius 3 is 2.62 bits per heavy atom. The molecule has 1 aromatic carbocycles. The van der Waals surface area contributed by atoms with Gasteiger partial charge in [-0.3, -0.25) is 4.21 Å². The molecule has 1 aliphatic rings. The van der Waals surface area contributed by atoms with Crippen molar-refractivity contribution in [3.8, 4) is 0 Å². The highest BCUT2D eigenvalue weighted by atomic mass is 32.2. The molecule has 3 atom stereocenters. The molecule has 0 spiro atoms. The highest BCUT2D eigenvalue weighted by Crippen LogP contribution is 2.33. The Morgan fingerprint density at radius 1 is 1.31 bits per heavy atom. The predicted molar refractivity (Wildman–Crippen MR) is 65.7 cm³/mol. The third kappa shape index (κ3) is 2.36. The lowest BCUT2D eigenvalue weighted by atomic mass is 9.86. The first-order valence-corrected chi connectivity index (χ1v) is 7.00. The SMILES string of the molecule is CC1(O)CCCCC1S(=O)c1ccccc1. The minimum absolute atomic E-state index is 0.122.